The van der Waals surface area contributed by atoms with Crippen molar-refractivity contribution >= 4 is 23.3 Å². The maximum absolute atomic E-state index is 15.0. The highest BCUT2D eigenvalue weighted by Crippen LogP contribution is 2.53. The molecular formula is C20H22FN3O4. The first-order valence-electron chi connectivity index (χ1n) is 10.1. The van der Waals surface area contributed by atoms with Crippen LogP contribution in [-0.2, 0) is 4.79 Å². The van der Waals surface area contributed by atoms with Gasteiger partial charge in [0, 0.05) is 19.2 Å². The van der Waals surface area contributed by atoms with Gasteiger partial charge in [0.15, 0.2) is 17.6 Å². The van der Waals surface area contributed by atoms with Crippen molar-refractivity contribution in [1.82, 2.24) is 4.90 Å². The minimum atomic E-state index is -0.799. The number of hydrogen-bond donors (Lipinski definition) is 1. The van der Waals surface area contributed by atoms with Crippen LogP contribution in [0.3, 0.4) is 0 Å². The molecule has 1 aromatic rings. The molecule has 0 bridgehead atoms. The zero-order valence-electron chi connectivity index (χ0n) is 15.4. The summed E-state index contributed by atoms with van der Waals surface area (Å²) in [6, 6.07) is 1.82. The number of fused-ring (bicyclic) bond motifs is 2. The van der Waals surface area contributed by atoms with Crippen LogP contribution in [0.15, 0.2) is 12.1 Å². The van der Waals surface area contributed by atoms with Crippen molar-refractivity contribution in [3.8, 4) is 5.75 Å². The van der Waals surface area contributed by atoms with E-state index in [0.29, 0.717) is 36.9 Å². The van der Waals surface area contributed by atoms with E-state index in [1.807, 2.05) is 4.90 Å². The number of ether oxygens (including phenoxy) is 1. The molecule has 5 aliphatic rings. The van der Waals surface area contributed by atoms with Crippen LogP contribution >= 0.6 is 0 Å². The fourth-order valence-corrected chi connectivity index (χ4v) is 4.80. The summed E-state index contributed by atoms with van der Waals surface area (Å²) in [5.41, 5.74) is -0.148. The summed E-state index contributed by atoms with van der Waals surface area (Å²) in [5.74, 6) is -0.138. The van der Waals surface area contributed by atoms with E-state index in [2.05, 4.69) is 0 Å². The van der Waals surface area contributed by atoms with E-state index in [9.17, 15) is 19.1 Å². The summed E-state index contributed by atoms with van der Waals surface area (Å²) in [6.07, 6.45) is 4.30. The average Bonchev–Trinajstić information content (AvgIpc) is 3.57. The van der Waals surface area contributed by atoms with Gasteiger partial charge in [-0.05, 0) is 50.5 Å². The highest BCUT2D eigenvalue weighted by Gasteiger charge is 2.58. The number of carbonyl (C=O) groups is 2. The first-order valence-corrected chi connectivity index (χ1v) is 10.1. The molecule has 148 valence electrons. The second-order valence-electron chi connectivity index (χ2n) is 8.72. The average molecular weight is 387 g/mol. The number of anilines is 2. The number of rotatable bonds is 3. The normalized spacial score (nSPS) is 30.0. The van der Waals surface area contributed by atoms with Gasteiger partial charge in [-0.25, -0.2) is 14.1 Å². The molecule has 28 heavy (non-hydrogen) atoms. The van der Waals surface area contributed by atoms with E-state index in [1.54, 1.807) is 0 Å². The van der Waals surface area contributed by atoms with Gasteiger partial charge in [0.05, 0.1) is 11.4 Å². The van der Waals surface area contributed by atoms with Crippen molar-refractivity contribution < 1.29 is 23.8 Å². The molecule has 2 saturated carbocycles. The van der Waals surface area contributed by atoms with E-state index in [0.717, 1.165) is 37.0 Å². The quantitative estimate of drug-likeness (QED) is 0.805. The van der Waals surface area contributed by atoms with Crippen LogP contribution in [0.5, 0.6) is 5.75 Å². The van der Waals surface area contributed by atoms with Gasteiger partial charge >= 0.3 is 6.03 Å². The molecule has 8 heteroatoms. The van der Waals surface area contributed by atoms with Crippen molar-refractivity contribution in [3.05, 3.63) is 17.9 Å². The van der Waals surface area contributed by atoms with Crippen molar-refractivity contribution in [1.29, 1.82) is 0 Å². The van der Waals surface area contributed by atoms with Crippen LogP contribution in [0.1, 0.15) is 38.5 Å². The molecule has 2 atom stereocenters. The Hall–Kier alpha value is -2.35. The molecular weight excluding hydrogens is 365 g/mol. The fraction of sp³-hybridized carbons (Fsp3) is 0.600. The summed E-state index contributed by atoms with van der Waals surface area (Å²) in [7, 11) is 0. The number of aliphatic hydroxyl groups excluding tert-OH is 1. The lowest BCUT2D eigenvalue weighted by Gasteiger charge is -2.41. The monoisotopic (exact) mass is 387 g/mol. The van der Waals surface area contributed by atoms with Crippen LogP contribution in [0, 0.1) is 11.7 Å². The lowest BCUT2D eigenvalue weighted by Crippen LogP contribution is -2.52. The summed E-state index contributed by atoms with van der Waals surface area (Å²) in [6.45, 7) is 1.19. The SMILES string of the molecule is O=C1C2CCCN2C(=O)N1c1cc2c(cc1F)OC1(CC1)C(O)N2CC1CC1. The number of amides is 3. The zero-order chi connectivity index (χ0) is 19.2. The van der Waals surface area contributed by atoms with Crippen molar-refractivity contribution in [2.75, 3.05) is 22.9 Å². The lowest BCUT2D eigenvalue weighted by atomic mass is 10.1. The molecule has 3 heterocycles. The smallest absolute Gasteiger partial charge is 0.332 e. The largest absolute Gasteiger partial charge is 0.480 e. The van der Waals surface area contributed by atoms with Gasteiger partial charge in [0.25, 0.3) is 5.91 Å². The second kappa shape index (κ2) is 5.37. The minimum absolute atomic E-state index is 0.0495. The van der Waals surface area contributed by atoms with Crippen LogP contribution in [-0.4, -0.2) is 52.9 Å². The number of halogens is 1. The van der Waals surface area contributed by atoms with Gasteiger partial charge in [-0.15, -0.1) is 0 Å². The minimum Gasteiger partial charge on any atom is -0.480 e. The van der Waals surface area contributed by atoms with Gasteiger partial charge in [-0.3, -0.25) is 4.79 Å². The van der Waals surface area contributed by atoms with E-state index < -0.39 is 29.7 Å². The Bertz CT molecular complexity index is 876. The molecule has 4 fully saturated rings. The topological polar surface area (TPSA) is 73.3 Å². The summed E-state index contributed by atoms with van der Waals surface area (Å²) < 4.78 is 21.0. The lowest BCUT2D eigenvalue weighted by molar-refractivity contribution is -0.119. The summed E-state index contributed by atoms with van der Waals surface area (Å²) in [5, 5.41) is 10.9. The molecule has 3 aliphatic heterocycles. The predicted octanol–water partition coefficient (Wildman–Crippen LogP) is 2.22. The molecule has 0 radical (unpaired) electrons. The number of imide groups is 1. The Kier molecular flexibility index (Phi) is 3.18. The van der Waals surface area contributed by atoms with Crippen LogP contribution in [0.4, 0.5) is 20.6 Å². The van der Waals surface area contributed by atoms with E-state index >= 15 is 0 Å². The van der Waals surface area contributed by atoms with Crippen molar-refractivity contribution in [2.24, 2.45) is 5.92 Å². The molecule has 0 aromatic heterocycles. The molecule has 1 spiro atoms. The number of carbonyl (C=O) groups excluding carboxylic acids is 2. The molecule has 1 N–H and O–H groups in total. The standard InChI is InChI=1S/C20H22FN3O4/c21-12-8-16-15(23(10-11-3-4-11)18(26)20(28-16)5-6-20)9-14(12)24-17(25)13-2-1-7-22(13)19(24)27/h8-9,11,13,18,26H,1-7,10H2. The van der Waals surface area contributed by atoms with Gasteiger partial charge in [-0.1, -0.05) is 0 Å². The fourth-order valence-electron chi connectivity index (χ4n) is 4.80. The number of aliphatic hydroxyl groups is 1. The van der Waals surface area contributed by atoms with E-state index in [-0.39, 0.29) is 11.6 Å². The molecule has 2 aliphatic carbocycles. The first-order chi connectivity index (χ1) is 13.5. The van der Waals surface area contributed by atoms with Crippen molar-refractivity contribution in [2.45, 2.75) is 56.4 Å². The number of benzene rings is 1. The van der Waals surface area contributed by atoms with Crippen LogP contribution in [0.25, 0.3) is 0 Å². The number of hydrogen-bond acceptors (Lipinski definition) is 5. The third-order valence-electron chi connectivity index (χ3n) is 6.75. The van der Waals surface area contributed by atoms with E-state index in [1.165, 1.54) is 17.0 Å². The molecule has 6 rings (SSSR count). The maximum Gasteiger partial charge on any atom is 0.332 e. The number of urea groups is 1. The highest BCUT2D eigenvalue weighted by molar-refractivity contribution is 6.21. The van der Waals surface area contributed by atoms with Crippen LogP contribution in [0.2, 0.25) is 0 Å². The Morgan fingerprint density at radius 1 is 1.18 bits per heavy atom. The third kappa shape index (κ3) is 2.18. The molecule has 2 saturated heterocycles. The van der Waals surface area contributed by atoms with Crippen LogP contribution < -0.4 is 14.5 Å². The predicted molar refractivity (Wildman–Crippen MR) is 97.7 cm³/mol. The highest BCUT2D eigenvalue weighted by atomic mass is 19.1. The molecule has 2 unspecified atom stereocenters. The first kappa shape index (κ1) is 16.6. The zero-order valence-corrected chi connectivity index (χ0v) is 15.4. The van der Waals surface area contributed by atoms with E-state index in [4.69, 9.17) is 4.74 Å². The van der Waals surface area contributed by atoms with Gasteiger partial charge < -0.3 is 19.6 Å². The summed E-state index contributed by atoms with van der Waals surface area (Å²) >= 11 is 0. The maximum atomic E-state index is 15.0. The van der Waals surface area contributed by atoms with Gasteiger partial charge in [0.1, 0.15) is 11.8 Å². The third-order valence-corrected chi connectivity index (χ3v) is 6.75. The van der Waals surface area contributed by atoms with Gasteiger partial charge in [-0.2, -0.15) is 0 Å². The second-order valence-corrected chi connectivity index (χ2v) is 8.72. The Labute approximate surface area is 161 Å². The Morgan fingerprint density at radius 2 is 1.96 bits per heavy atom. The molecule has 7 nitrogen and oxygen atoms in total. The van der Waals surface area contributed by atoms with Gasteiger partial charge in [0.2, 0.25) is 0 Å². The van der Waals surface area contributed by atoms with Crippen molar-refractivity contribution in [3.63, 3.8) is 0 Å². The Morgan fingerprint density at radius 3 is 2.64 bits per heavy atom. The summed E-state index contributed by atoms with van der Waals surface area (Å²) in [4.78, 5) is 29.9. The molecule has 1 aromatic carbocycles. The number of nitrogens with zero attached hydrogens (tertiary/aromatic N) is 3. The Balaban J connectivity index is 1.43. The molecule has 3 amide bonds.